The van der Waals surface area contributed by atoms with E-state index >= 15 is 0 Å². The Hall–Kier alpha value is -1.30. The Morgan fingerprint density at radius 2 is 1.88 bits per heavy atom. The molecule has 0 saturated carbocycles. The largest absolute Gasteiger partial charge is 0.394 e. The van der Waals surface area contributed by atoms with E-state index in [0.29, 0.717) is 10.9 Å². The second-order valence-corrected chi connectivity index (χ2v) is 7.04. The van der Waals surface area contributed by atoms with Gasteiger partial charge in [-0.05, 0) is 17.7 Å². The zero-order valence-electron chi connectivity index (χ0n) is 12.3. The maximum Gasteiger partial charge on any atom is 0.212 e. The zero-order valence-corrected chi connectivity index (χ0v) is 14.7. The standard InChI is InChI=1S/C14H15BrN4O4S/c15-8-3-1-7(2-4-8)9-6-24-14-17-16-13(19(14)18-9)12(23)11(22)10(21)5-20/h1-4,10-12,20-23H,5-6H2. The number of thioether (sulfide) groups is 1. The molecule has 0 radical (unpaired) electrons. The second-order valence-electron chi connectivity index (χ2n) is 5.18. The number of halogens is 1. The van der Waals surface area contributed by atoms with Crippen LogP contribution in [0.1, 0.15) is 17.5 Å². The maximum absolute atomic E-state index is 10.2. The first kappa shape index (κ1) is 17.5. The summed E-state index contributed by atoms with van der Waals surface area (Å²) in [5, 5.41) is 51.2. The summed E-state index contributed by atoms with van der Waals surface area (Å²) in [6.07, 6.45) is -4.61. The summed E-state index contributed by atoms with van der Waals surface area (Å²) < 4.78 is 2.31. The van der Waals surface area contributed by atoms with Crippen molar-refractivity contribution in [2.45, 2.75) is 23.5 Å². The first-order chi connectivity index (χ1) is 11.5. The number of hydrogen-bond acceptors (Lipinski definition) is 8. The number of fused-ring (bicyclic) bond motifs is 1. The molecule has 0 fully saturated rings. The average Bonchev–Trinajstić information content (AvgIpc) is 3.03. The first-order valence-corrected chi connectivity index (χ1v) is 8.86. The number of rotatable bonds is 5. The van der Waals surface area contributed by atoms with Gasteiger partial charge in [-0.15, -0.1) is 10.2 Å². The van der Waals surface area contributed by atoms with Crippen LogP contribution < -0.4 is 0 Å². The molecular formula is C14H15BrN4O4S. The van der Waals surface area contributed by atoms with Crippen molar-refractivity contribution < 1.29 is 20.4 Å². The fourth-order valence-electron chi connectivity index (χ4n) is 2.18. The van der Waals surface area contributed by atoms with Gasteiger partial charge in [0.15, 0.2) is 5.82 Å². The molecule has 3 atom stereocenters. The highest BCUT2D eigenvalue weighted by Gasteiger charge is 2.32. The van der Waals surface area contributed by atoms with E-state index < -0.39 is 24.9 Å². The van der Waals surface area contributed by atoms with Gasteiger partial charge in [-0.25, -0.2) is 0 Å². The molecule has 10 heteroatoms. The minimum absolute atomic E-state index is 0.00631. The molecule has 3 unspecified atom stereocenters. The van der Waals surface area contributed by atoms with Crippen molar-refractivity contribution in [3.05, 3.63) is 40.1 Å². The van der Waals surface area contributed by atoms with Crippen molar-refractivity contribution in [1.29, 1.82) is 0 Å². The van der Waals surface area contributed by atoms with E-state index in [1.165, 1.54) is 16.4 Å². The molecule has 0 bridgehead atoms. The molecule has 1 aliphatic rings. The molecule has 4 N–H and O–H groups in total. The van der Waals surface area contributed by atoms with Gasteiger partial charge in [-0.3, -0.25) is 0 Å². The van der Waals surface area contributed by atoms with Crippen LogP contribution in [0.5, 0.6) is 0 Å². The summed E-state index contributed by atoms with van der Waals surface area (Å²) in [6, 6.07) is 7.64. The molecule has 128 valence electrons. The van der Waals surface area contributed by atoms with E-state index in [1.54, 1.807) is 0 Å². The second kappa shape index (κ2) is 7.30. The molecule has 1 aliphatic heterocycles. The van der Waals surface area contributed by atoms with Crippen LogP contribution in [0.2, 0.25) is 0 Å². The average molecular weight is 415 g/mol. The highest BCUT2D eigenvalue weighted by molar-refractivity contribution is 9.10. The summed E-state index contributed by atoms with van der Waals surface area (Å²) in [4.78, 5) is 0. The molecule has 0 saturated heterocycles. The van der Waals surface area contributed by atoms with Crippen molar-refractivity contribution in [2.75, 3.05) is 12.4 Å². The Balaban J connectivity index is 1.93. The lowest BCUT2D eigenvalue weighted by atomic mass is 10.1. The molecule has 1 aromatic heterocycles. The molecule has 2 heterocycles. The third-order valence-corrected chi connectivity index (χ3v) is 5.00. The number of aromatic nitrogens is 3. The van der Waals surface area contributed by atoms with Crippen LogP contribution in [0, 0.1) is 0 Å². The Morgan fingerprint density at radius 3 is 2.54 bits per heavy atom. The monoisotopic (exact) mass is 414 g/mol. The quantitative estimate of drug-likeness (QED) is 0.548. The molecule has 3 rings (SSSR count). The number of aliphatic hydroxyl groups excluding tert-OH is 4. The summed E-state index contributed by atoms with van der Waals surface area (Å²) in [5.74, 6) is 0.601. The van der Waals surface area contributed by atoms with Gasteiger partial charge in [0.2, 0.25) is 5.16 Å². The first-order valence-electron chi connectivity index (χ1n) is 7.08. The lowest BCUT2D eigenvalue weighted by molar-refractivity contribution is -0.0813. The van der Waals surface area contributed by atoms with Crippen molar-refractivity contribution in [2.24, 2.45) is 5.10 Å². The number of nitrogens with zero attached hydrogens (tertiary/aromatic N) is 4. The topological polar surface area (TPSA) is 124 Å². The van der Waals surface area contributed by atoms with E-state index in [2.05, 4.69) is 31.2 Å². The van der Waals surface area contributed by atoms with Gasteiger partial charge in [0, 0.05) is 10.2 Å². The zero-order chi connectivity index (χ0) is 17.3. The van der Waals surface area contributed by atoms with E-state index in [0.717, 1.165) is 15.7 Å². The minimum atomic E-state index is -1.60. The summed E-state index contributed by atoms with van der Waals surface area (Å²) in [6.45, 7) is -0.679. The van der Waals surface area contributed by atoms with Gasteiger partial charge in [-0.2, -0.15) is 9.78 Å². The number of aliphatic hydroxyl groups is 4. The van der Waals surface area contributed by atoms with E-state index in [1.807, 2.05) is 24.3 Å². The highest BCUT2D eigenvalue weighted by atomic mass is 79.9. The van der Waals surface area contributed by atoms with E-state index in [-0.39, 0.29) is 5.82 Å². The molecule has 8 nitrogen and oxygen atoms in total. The lowest BCUT2D eigenvalue weighted by Gasteiger charge is -2.21. The van der Waals surface area contributed by atoms with E-state index in [4.69, 9.17) is 5.11 Å². The SMILES string of the molecule is OCC(O)C(O)C(O)c1nnc2n1N=C(c1ccc(Br)cc1)CS2. The van der Waals surface area contributed by atoms with Gasteiger partial charge < -0.3 is 20.4 Å². The predicted molar refractivity (Wildman–Crippen MR) is 90.9 cm³/mol. The van der Waals surface area contributed by atoms with Crippen molar-refractivity contribution in [1.82, 2.24) is 14.9 Å². The van der Waals surface area contributed by atoms with Crippen LogP contribution in [0.4, 0.5) is 0 Å². The highest BCUT2D eigenvalue weighted by Crippen LogP contribution is 2.28. The molecule has 24 heavy (non-hydrogen) atoms. The van der Waals surface area contributed by atoms with E-state index in [9.17, 15) is 15.3 Å². The summed E-state index contributed by atoms with van der Waals surface area (Å²) in [7, 11) is 0. The smallest absolute Gasteiger partial charge is 0.212 e. The normalized spacial score (nSPS) is 17.8. The van der Waals surface area contributed by atoms with Crippen LogP contribution >= 0.6 is 27.7 Å². The maximum atomic E-state index is 10.2. The summed E-state index contributed by atoms with van der Waals surface area (Å²) >= 11 is 4.78. The van der Waals surface area contributed by atoms with Gasteiger partial charge in [0.1, 0.15) is 18.3 Å². The van der Waals surface area contributed by atoms with Gasteiger partial charge in [0.25, 0.3) is 0 Å². The van der Waals surface area contributed by atoms with Crippen molar-refractivity contribution in [3.8, 4) is 0 Å². The molecule has 0 aliphatic carbocycles. The Bertz CT molecular complexity index is 752. The van der Waals surface area contributed by atoms with Gasteiger partial charge >= 0.3 is 0 Å². The summed E-state index contributed by atoms with van der Waals surface area (Å²) in [5.41, 5.74) is 1.69. The van der Waals surface area contributed by atoms with Crippen LogP contribution in [0.25, 0.3) is 0 Å². The van der Waals surface area contributed by atoms with Gasteiger partial charge in [0.05, 0.1) is 12.3 Å². The molecule has 0 amide bonds. The Morgan fingerprint density at radius 1 is 1.17 bits per heavy atom. The van der Waals surface area contributed by atoms with Crippen molar-refractivity contribution >= 4 is 33.4 Å². The Kier molecular flexibility index (Phi) is 5.33. The third kappa shape index (κ3) is 3.39. The number of hydrogen-bond donors (Lipinski definition) is 4. The lowest BCUT2D eigenvalue weighted by Crippen LogP contribution is -2.36. The third-order valence-electron chi connectivity index (χ3n) is 3.54. The van der Waals surface area contributed by atoms with Crippen LogP contribution in [0.15, 0.2) is 39.0 Å². The van der Waals surface area contributed by atoms with Gasteiger partial charge in [-0.1, -0.05) is 39.8 Å². The fourth-order valence-corrected chi connectivity index (χ4v) is 3.29. The van der Waals surface area contributed by atoms with Crippen molar-refractivity contribution in [3.63, 3.8) is 0 Å². The van der Waals surface area contributed by atoms with Crippen LogP contribution in [-0.2, 0) is 0 Å². The molecule has 2 aromatic rings. The Labute approximate surface area is 150 Å². The molecular weight excluding hydrogens is 400 g/mol. The predicted octanol–water partition coefficient (Wildman–Crippen LogP) is 0.146. The number of benzene rings is 1. The van der Waals surface area contributed by atoms with Crippen LogP contribution in [-0.4, -0.2) is 65.6 Å². The molecule has 0 spiro atoms. The fraction of sp³-hybridized carbons (Fsp3) is 0.357. The molecule has 1 aromatic carbocycles. The minimum Gasteiger partial charge on any atom is -0.394 e. The van der Waals surface area contributed by atoms with Crippen LogP contribution in [0.3, 0.4) is 0 Å².